The number of nitrogens with zero attached hydrogens (tertiary/aromatic N) is 4. The number of rotatable bonds is 5. The monoisotopic (exact) mass is 348 g/mol. The van der Waals surface area contributed by atoms with Gasteiger partial charge in [-0.15, -0.1) is 0 Å². The number of likely N-dealkylation sites (tertiary alicyclic amines) is 1. The molecule has 0 aromatic carbocycles. The zero-order valence-corrected chi connectivity index (χ0v) is 15.2. The molecule has 3 heterocycles. The fourth-order valence-corrected chi connectivity index (χ4v) is 3.84. The molecule has 2 atom stereocenters. The third-order valence-corrected chi connectivity index (χ3v) is 5.25. The number of carbonyl (C=O) groups excluding carboxylic acids is 1. The molecule has 138 valence electrons. The van der Waals surface area contributed by atoms with Crippen molar-refractivity contribution in [2.75, 3.05) is 39.4 Å². The molecule has 0 unspecified atom stereocenters. The van der Waals surface area contributed by atoms with Crippen LogP contribution in [0.5, 0.6) is 0 Å². The molecular formula is C18H28N4O3. The van der Waals surface area contributed by atoms with Crippen LogP contribution in [-0.4, -0.2) is 70.9 Å². The first-order chi connectivity index (χ1) is 12.1. The van der Waals surface area contributed by atoms with Gasteiger partial charge in [0.25, 0.3) is 11.5 Å². The molecule has 0 bridgehead atoms. The fraction of sp³-hybridized carbons (Fsp3) is 0.722. The summed E-state index contributed by atoms with van der Waals surface area (Å²) >= 11 is 0. The van der Waals surface area contributed by atoms with Gasteiger partial charge in [0.2, 0.25) is 0 Å². The smallest absolute Gasteiger partial charge is 0.274 e. The van der Waals surface area contributed by atoms with Crippen molar-refractivity contribution in [2.24, 2.45) is 5.92 Å². The molecule has 0 spiro atoms. The van der Waals surface area contributed by atoms with Crippen molar-refractivity contribution in [1.82, 2.24) is 19.6 Å². The minimum absolute atomic E-state index is 0.0703. The molecule has 2 saturated heterocycles. The fourth-order valence-electron chi connectivity index (χ4n) is 3.84. The second-order valence-corrected chi connectivity index (χ2v) is 6.87. The number of ether oxygens (including phenoxy) is 1. The number of amides is 1. The lowest BCUT2D eigenvalue weighted by Gasteiger charge is -2.34. The van der Waals surface area contributed by atoms with Crippen molar-refractivity contribution in [1.29, 1.82) is 0 Å². The van der Waals surface area contributed by atoms with Gasteiger partial charge in [0, 0.05) is 44.8 Å². The van der Waals surface area contributed by atoms with Gasteiger partial charge in [0.1, 0.15) is 5.69 Å². The molecule has 2 fully saturated rings. The van der Waals surface area contributed by atoms with E-state index >= 15 is 0 Å². The standard InChI is InChI=1S/C18H28N4O3/c1-3-7-22-17(23)6-5-15(19-22)18(24)21-12-14(4-2)16(13-21)20-8-10-25-11-9-20/h5-6,14,16H,3-4,7-13H2,1-2H3/t14-,16+/m1/s1. The van der Waals surface area contributed by atoms with E-state index in [1.807, 2.05) is 11.8 Å². The Kier molecular flexibility index (Phi) is 5.86. The van der Waals surface area contributed by atoms with Gasteiger partial charge >= 0.3 is 0 Å². The molecule has 3 rings (SSSR count). The molecule has 2 aliphatic heterocycles. The average molecular weight is 348 g/mol. The molecule has 0 N–H and O–H groups in total. The summed E-state index contributed by atoms with van der Waals surface area (Å²) in [5, 5.41) is 4.27. The first-order valence-electron chi connectivity index (χ1n) is 9.33. The van der Waals surface area contributed by atoms with Gasteiger partial charge in [-0.25, -0.2) is 4.68 Å². The molecule has 1 amide bonds. The second kappa shape index (κ2) is 8.10. The van der Waals surface area contributed by atoms with Crippen molar-refractivity contribution < 1.29 is 9.53 Å². The summed E-state index contributed by atoms with van der Waals surface area (Å²) in [7, 11) is 0. The molecular weight excluding hydrogens is 320 g/mol. The van der Waals surface area contributed by atoms with Gasteiger partial charge in [-0.2, -0.15) is 5.10 Å². The van der Waals surface area contributed by atoms with Crippen LogP contribution in [0.15, 0.2) is 16.9 Å². The number of aromatic nitrogens is 2. The van der Waals surface area contributed by atoms with Gasteiger partial charge in [0.15, 0.2) is 0 Å². The molecule has 0 saturated carbocycles. The van der Waals surface area contributed by atoms with E-state index in [9.17, 15) is 9.59 Å². The molecule has 0 aliphatic carbocycles. The van der Waals surface area contributed by atoms with E-state index in [1.54, 1.807) is 6.07 Å². The summed E-state index contributed by atoms with van der Waals surface area (Å²) in [6.07, 6.45) is 1.86. The average Bonchev–Trinajstić information content (AvgIpc) is 3.08. The lowest BCUT2D eigenvalue weighted by atomic mass is 9.99. The largest absolute Gasteiger partial charge is 0.379 e. The van der Waals surface area contributed by atoms with Crippen molar-refractivity contribution in [3.8, 4) is 0 Å². The highest BCUT2D eigenvalue weighted by molar-refractivity contribution is 5.92. The zero-order chi connectivity index (χ0) is 17.8. The Labute approximate surface area is 148 Å². The summed E-state index contributed by atoms with van der Waals surface area (Å²) < 4.78 is 6.84. The van der Waals surface area contributed by atoms with E-state index < -0.39 is 0 Å². The van der Waals surface area contributed by atoms with Gasteiger partial charge in [-0.1, -0.05) is 20.3 Å². The highest BCUT2D eigenvalue weighted by atomic mass is 16.5. The summed E-state index contributed by atoms with van der Waals surface area (Å²) in [4.78, 5) is 29.1. The predicted octanol–water partition coefficient (Wildman–Crippen LogP) is 0.836. The normalized spacial score (nSPS) is 24.6. The van der Waals surface area contributed by atoms with Crippen LogP contribution in [0.1, 0.15) is 37.2 Å². The topological polar surface area (TPSA) is 67.7 Å². The molecule has 1 aromatic heterocycles. The van der Waals surface area contributed by atoms with Crippen LogP contribution in [-0.2, 0) is 11.3 Å². The Balaban J connectivity index is 1.74. The molecule has 0 radical (unpaired) electrons. The Hall–Kier alpha value is -1.73. The highest BCUT2D eigenvalue weighted by Gasteiger charge is 2.38. The van der Waals surface area contributed by atoms with Crippen LogP contribution in [0.2, 0.25) is 0 Å². The Morgan fingerprint density at radius 3 is 2.68 bits per heavy atom. The number of carbonyl (C=O) groups is 1. The summed E-state index contributed by atoms with van der Waals surface area (Å²) in [5.74, 6) is 0.405. The number of morpholine rings is 1. The maximum atomic E-state index is 12.9. The van der Waals surface area contributed by atoms with E-state index in [4.69, 9.17) is 4.74 Å². The Morgan fingerprint density at radius 1 is 1.24 bits per heavy atom. The summed E-state index contributed by atoms with van der Waals surface area (Å²) in [6.45, 7) is 9.60. The molecule has 7 nitrogen and oxygen atoms in total. The molecule has 25 heavy (non-hydrogen) atoms. The van der Waals surface area contributed by atoms with Crippen LogP contribution >= 0.6 is 0 Å². The van der Waals surface area contributed by atoms with Crippen LogP contribution < -0.4 is 5.56 Å². The van der Waals surface area contributed by atoms with Gasteiger partial charge in [0.05, 0.1) is 13.2 Å². The van der Waals surface area contributed by atoms with Crippen molar-refractivity contribution >= 4 is 5.91 Å². The second-order valence-electron chi connectivity index (χ2n) is 6.87. The third-order valence-electron chi connectivity index (χ3n) is 5.25. The van der Waals surface area contributed by atoms with Gasteiger partial charge in [-0.05, 0) is 18.4 Å². The number of hydrogen-bond acceptors (Lipinski definition) is 5. The zero-order valence-electron chi connectivity index (χ0n) is 15.2. The van der Waals surface area contributed by atoms with Crippen LogP contribution in [0, 0.1) is 5.92 Å². The Morgan fingerprint density at radius 2 is 2.00 bits per heavy atom. The summed E-state index contributed by atoms with van der Waals surface area (Å²) in [6, 6.07) is 3.39. The Bertz CT molecular complexity index is 654. The third kappa shape index (κ3) is 3.93. The molecule has 1 aromatic rings. The van der Waals surface area contributed by atoms with Crippen LogP contribution in [0.25, 0.3) is 0 Å². The minimum Gasteiger partial charge on any atom is -0.379 e. The first-order valence-corrected chi connectivity index (χ1v) is 9.33. The van der Waals surface area contributed by atoms with Crippen molar-refractivity contribution in [3.05, 3.63) is 28.2 Å². The lowest BCUT2D eigenvalue weighted by Crippen LogP contribution is -2.47. The van der Waals surface area contributed by atoms with Crippen molar-refractivity contribution in [2.45, 2.75) is 39.3 Å². The first kappa shape index (κ1) is 18.1. The predicted molar refractivity (Wildman–Crippen MR) is 94.7 cm³/mol. The quantitative estimate of drug-likeness (QED) is 0.789. The van der Waals surface area contributed by atoms with E-state index in [2.05, 4.69) is 16.9 Å². The maximum Gasteiger partial charge on any atom is 0.274 e. The number of hydrogen-bond donors (Lipinski definition) is 0. The van der Waals surface area contributed by atoms with Gasteiger partial charge < -0.3 is 9.64 Å². The lowest BCUT2D eigenvalue weighted by molar-refractivity contribution is 0.0102. The van der Waals surface area contributed by atoms with E-state index in [1.165, 1.54) is 10.7 Å². The minimum atomic E-state index is -0.155. The van der Waals surface area contributed by atoms with Crippen LogP contribution in [0.4, 0.5) is 0 Å². The highest BCUT2D eigenvalue weighted by Crippen LogP contribution is 2.26. The van der Waals surface area contributed by atoms with E-state index in [-0.39, 0.29) is 11.5 Å². The van der Waals surface area contributed by atoms with Crippen molar-refractivity contribution in [3.63, 3.8) is 0 Å². The number of aryl methyl sites for hydroxylation is 1. The maximum absolute atomic E-state index is 12.9. The molecule has 7 heteroatoms. The van der Waals surface area contributed by atoms with Crippen LogP contribution in [0.3, 0.4) is 0 Å². The van der Waals surface area contributed by atoms with Gasteiger partial charge in [-0.3, -0.25) is 14.5 Å². The summed E-state index contributed by atoms with van der Waals surface area (Å²) in [5.41, 5.74) is 0.211. The molecule has 2 aliphatic rings. The van der Waals surface area contributed by atoms with E-state index in [0.717, 1.165) is 52.2 Å². The van der Waals surface area contributed by atoms with E-state index in [0.29, 0.717) is 24.2 Å². The SMILES string of the molecule is CCCn1nc(C(=O)N2C[C@@H](CC)[C@@H](N3CCOCC3)C2)ccc1=O.